The Morgan fingerprint density at radius 3 is 2.09 bits per heavy atom. The van der Waals surface area contributed by atoms with Crippen LogP contribution in [0.5, 0.6) is 0 Å². The molecule has 0 aliphatic rings. The first-order valence-electron chi connectivity index (χ1n) is 9.00. The zero-order valence-corrected chi connectivity index (χ0v) is 17.6. The van der Waals surface area contributed by atoms with Gasteiger partial charge in [0.05, 0.1) is 5.56 Å². The Morgan fingerprint density at radius 1 is 0.875 bits per heavy atom. The lowest BCUT2D eigenvalue weighted by molar-refractivity contribution is -0.137. The number of carbonyl (C=O) groups excluding carboxylic acids is 2. The Kier molecular flexibility index (Phi) is 7.17. The lowest BCUT2D eigenvalue weighted by Crippen LogP contribution is -2.25. The van der Waals surface area contributed by atoms with E-state index in [0.717, 1.165) is 18.2 Å². The summed E-state index contributed by atoms with van der Waals surface area (Å²) in [6.07, 6.45) is -1.93. The number of nitrogens with one attached hydrogen (secondary N) is 2. The summed E-state index contributed by atoms with van der Waals surface area (Å²) in [6, 6.07) is 13.2. The van der Waals surface area contributed by atoms with Gasteiger partial charge in [0.15, 0.2) is 0 Å². The number of halogens is 5. The van der Waals surface area contributed by atoms with Crippen LogP contribution in [-0.2, 0) is 15.8 Å². The molecule has 0 saturated heterocycles. The zero-order valence-electron chi connectivity index (χ0n) is 16.1. The first-order valence-corrected chi connectivity index (χ1v) is 9.76. The zero-order chi connectivity index (χ0) is 23.3. The maximum atomic E-state index is 13.0. The summed E-state index contributed by atoms with van der Waals surface area (Å²) < 4.78 is 38.9. The van der Waals surface area contributed by atoms with Crippen LogP contribution in [0.1, 0.15) is 11.1 Å². The number of alkyl halides is 3. The molecular weight excluding hydrogens is 466 g/mol. The standard InChI is InChI=1S/C22H14Cl2F3N3O2/c23-15-6-4-13(5-7-15)10-18(21(32)30-17-8-9-28-19(24)12-17)20(31)29-16-3-1-2-14(11-16)22(25,26)27/h1-12H,(H,29,31)(H,28,30,32). The molecule has 0 aliphatic carbocycles. The Bertz CT molecular complexity index is 1180. The molecule has 0 saturated carbocycles. The van der Waals surface area contributed by atoms with Crippen LogP contribution in [-0.4, -0.2) is 16.8 Å². The first kappa shape index (κ1) is 23.3. The molecule has 5 nitrogen and oxygen atoms in total. The molecule has 2 amide bonds. The van der Waals surface area contributed by atoms with E-state index in [0.29, 0.717) is 10.6 Å². The molecule has 1 aromatic heterocycles. The van der Waals surface area contributed by atoms with Crippen molar-refractivity contribution in [1.82, 2.24) is 4.98 Å². The summed E-state index contributed by atoms with van der Waals surface area (Å²) in [7, 11) is 0. The van der Waals surface area contributed by atoms with Crippen LogP contribution < -0.4 is 10.6 Å². The summed E-state index contributed by atoms with van der Waals surface area (Å²) in [5.41, 5.74) is -0.644. The summed E-state index contributed by atoms with van der Waals surface area (Å²) in [6.45, 7) is 0. The van der Waals surface area contributed by atoms with Crippen LogP contribution in [0.4, 0.5) is 24.5 Å². The quantitative estimate of drug-likeness (QED) is 0.202. The van der Waals surface area contributed by atoms with E-state index >= 15 is 0 Å². The van der Waals surface area contributed by atoms with Gasteiger partial charge in [-0.15, -0.1) is 0 Å². The van der Waals surface area contributed by atoms with Crippen molar-refractivity contribution in [1.29, 1.82) is 0 Å². The number of nitrogens with zero attached hydrogens (tertiary/aromatic N) is 1. The molecule has 2 aromatic carbocycles. The van der Waals surface area contributed by atoms with Crippen LogP contribution >= 0.6 is 23.2 Å². The number of anilines is 2. The third-order valence-corrected chi connectivity index (χ3v) is 4.56. The Morgan fingerprint density at radius 2 is 1.50 bits per heavy atom. The van der Waals surface area contributed by atoms with E-state index in [1.165, 1.54) is 30.5 Å². The molecule has 3 rings (SSSR count). The minimum Gasteiger partial charge on any atom is -0.322 e. The number of benzene rings is 2. The number of hydrogen-bond acceptors (Lipinski definition) is 3. The molecule has 1 heterocycles. The van der Waals surface area contributed by atoms with E-state index in [-0.39, 0.29) is 22.1 Å². The van der Waals surface area contributed by atoms with Crippen molar-refractivity contribution in [3.8, 4) is 0 Å². The lowest BCUT2D eigenvalue weighted by atomic mass is 10.1. The number of pyridine rings is 1. The Hall–Kier alpha value is -3.36. The van der Waals surface area contributed by atoms with Gasteiger partial charge in [0.2, 0.25) is 0 Å². The van der Waals surface area contributed by atoms with E-state index in [4.69, 9.17) is 23.2 Å². The van der Waals surface area contributed by atoms with Gasteiger partial charge < -0.3 is 10.6 Å². The topological polar surface area (TPSA) is 71.1 Å². The molecule has 0 unspecified atom stereocenters. The van der Waals surface area contributed by atoms with Crippen LogP contribution in [0.15, 0.2) is 72.4 Å². The van der Waals surface area contributed by atoms with Crippen molar-refractivity contribution < 1.29 is 22.8 Å². The first-order chi connectivity index (χ1) is 15.1. The molecule has 3 aromatic rings. The fraction of sp³-hybridized carbons (Fsp3) is 0.0455. The highest BCUT2D eigenvalue weighted by atomic mass is 35.5. The van der Waals surface area contributed by atoms with Crippen molar-refractivity contribution in [3.05, 3.63) is 93.7 Å². The monoisotopic (exact) mass is 479 g/mol. The minimum atomic E-state index is -4.58. The SMILES string of the molecule is O=C(Nc1cccc(C(F)(F)F)c1)C(=Cc1ccc(Cl)cc1)C(=O)Nc1ccnc(Cl)c1. The fourth-order valence-electron chi connectivity index (χ4n) is 2.61. The Balaban J connectivity index is 1.92. The summed E-state index contributed by atoms with van der Waals surface area (Å²) in [4.78, 5) is 29.5. The molecule has 164 valence electrons. The third-order valence-electron chi connectivity index (χ3n) is 4.10. The van der Waals surface area contributed by atoms with E-state index in [1.807, 2.05) is 0 Å². The van der Waals surface area contributed by atoms with Crippen LogP contribution in [0.3, 0.4) is 0 Å². The van der Waals surface area contributed by atoms with Gasteiger partial charge in [0.25, 0.3) is 11.8 Å². The average molecular weight is 480 g/mol. The van der Waals surface area contributed by atoms with Crippen molar-refractivity contribution in [2.24, 2.45) is 0 Å². The molecule has 0 bridgehead atoms. The number of amides is 2. The minimum absolute atomic E-state index is 0.119. The smallest absolute Gasteiger partial charge is 0.322 e. The largest absolute Gasteiger partial charge is 0.416 e. The van der Waals surface area contributed by atoms with Gasteiger partial charge in [0.1, 0.15) is 10.7 Å². The van der Waals surface area contributed by atoms with E-state index in [2.05, 4.69) is 15.6 Å². The van der Waals surface area contributed by atoms with E-state index < -0.39 is 23.6 Å². The summed E-state index contributed by atoms with van der Waals surface area (Å²) in [5.74, 6) is -1.70. The van der Waals surface area contributed by atoms with Gasteiger partial charge >= 0.3 is 6.18 Å². The van der Waals surface area contributed by atoms with Gasteiger partial charge in [-0.05, 0) is 54.1 Å². The lowest BCUT2D eigenvalue weighted by Gasteiger charge is -2.12. The second-order valence-electron chi connectivity index (χ2n) is 6.46. The molecule has 0 spiro atoms. The van der Waals surface area contributed by atoms with Crippen molar-refractivity contribution in [2.45, 2.75) is 6.18 Å². The molecule has 0 aliphatic heterocycles. The van der Waals surface area contributed by atoms with Crippen molar-refractivity contribution >= 4 is 52.5 Å². The highest BCUT2D eigenvalue weighted by Gasteiger charge is 2.30. The van der Waals surface area contributed by atoms with Crippen LogP contribution in [0.2, 0.25) is 10.2 Å². The molecule has 2 N–H and O–H groups in total. The van der Waals surface area contributed by atoms with Crippen LogP contribution in [0.25, 0.3) is 6.08 Å². The van der Waals surface area contributed by atoms with Gasteiger partial charge in [-0.25, -0.2) is 4.98 Å². The van der Waals surface area contributed by atoms with Gasteiger partial charge in [-0.1, -0.05) is 41.4 Å². The third kappa shape index (κ3) is 6.32. The predicted octanol–water partition coefficient (Wildman–Crippen LogP) is 6.07. The molecule has 0 fully saturated rings. The van der Waals surface area contributed by atoms with Gasteiger partial charge in [0, 0.05) is 22.6 Å². The number of carbonyl (C=O) groups is 2. The van der Waals surface area contributed by atoms with E-state index in [9.17, 15) is 22.8 Å². The molecule has 10 heteroatoms. The Labute approximate surface area is 190 Å². The average Bonchev–Trinajstić information content (AvgIpc) is 2.72. The number of rotatable bonds is 5. The van der Waals surface area contributed by atoms with Crippen molar-refractivity contribution in [3.63, 3.8) is 0 Å². The second-order valence-corrected chi connectivity index (χ2v) is 7.29. The molecule has 0 radical (unpaired) electrons. The number of hydrogen-bond donors (Lipinski definition) is 2. The maximum Gasteiger partial charge on any atom is 0.416 e. The highest BCUT2D eigenvalue weighted by Crippen LogP contribution is 2.30. The highest BCUT2D eigenvalue weighted by molar-refractivity contribution is 6.31. The number of aromatic nitrogens is 1. The second kappa shape index (κ2) is 9.84. The molecule has 32 heavy (non-hydrogen) atoms. The van der Waals surface area contributed by atoms with E-state index in [1.54, 1.807) is 24.3 Å². The summed E-state index contributed by atoms with van der Waals surface area (Å²) in [5, 5.41) is 5.43. The van der Waals surface area contributed by atoms with Crippen LogP contribution in [0, 0.1) is 0 Å². The normalized spacial score (nSPS) is 11.7. The fourth-order valence-corrected chi connectivity index (χ4v) is 2.91. The van der Waals surface area contributed by atoms with Gasteiger partial charge in [-0.2, -0.15) is 13.2 Å². The van der Waals surface area contributed by atoms with Gasteiger partial charge in [-0.3, -0.25) is 9.59 Å². The van der Waals surface area contributed by atoms with Crippen molar-refractivity contribution in [2.75, 3.05) is 10.6 Å². The summed E-state index contributed by atoms with van der Waals surface area (Å²) >= 11 is 11.7. The predicted molar refractivity (Wildman–Crippen MR) is 117 cm³/mol. The molecular formula is C22H14Cl2F3N3O2. The maximum absolute atomic E-state index is 13.0. The molecule has 0 atom stereocenters.